The number of carbonyl (C=O) groups is 1. The zero-order valence-corrected chi connectivity index (χ0v) is 15.2. The van der Waals surface area contributed by atoms with Crippen molar-refractivity contribution in [1.82, 2.24) is 10.6 Å². The van der Waals surface area contributed by atoms with Gasteiger partial charge in [0.15, 0.2) is 0 Å². The highest BCUT2D eigenvalue weighted by Gasteiger charge is 2.14. The van der Waals surface area contributed by atoms with Gasteiger partial charge in [0.25, 0.3) is 0 Å². The molecule has 0 unspecified atom stereocenters. The number of aryl methyl sites for hydroxylation is 2. The maximum absolute atomic E-state index is 12.3. The second-order valence-corrected chi connectivity index (χ2v) is 7.04. The molecule has 2 aromatic carbocycles. The van der Waals surface area contributed by atoms with Crippen LogP contribution in [-0.4, -0.2) is 12.5 Å². The molecule has 3 heteroatoms. The van der Waals surface area contributed by atoms with Gasteiger partial charge in [0, 0.05) is 6.04 Å². The van der Waals surface area contributed by atoms with E-state index in [4.69, 9.17) is 0 Å². The zero-order valence-electron chi connectivity index (χ0n) is 15.2. The number of nitrogens with one attached hydrogen (secondary N) is 2. The fourth-order valence-corrected chi connectivity index (χ4v) is 3.50. The van der Waals surface area contributed by atoms with Crippen LogP contribution in [0, 0.1) is 0 Å². The van der Waals surface area contributed by atoms with E-state index in [-0.39, 0.29) is 18.0 Å². The number of carbonyl (C=O) groups excluding carboxylic acids is 1. The van der Waals surface area contributed by atoms with Crippen LogP contribution >= 0.6 is 0 Å². The average molecular weight is 336 g/mol. The highest BCUT2D eigenvalue weighted by atomic mass is 16.1. The Morgan fingerprint density at radius 2 is 1.64 bits per heavy atom. The van der Waals surface area contributed by atoms with Gasteiger partial charge in [0.2, 0.25) is 5.91 Å². The van der Waals surface area contributed by atoms with Crippen molar-refractivity contribution in [1.29, 1.82) is 0 Å². The second kappa shape index (κ2) is 8.30. The van der Waals surface area contributed by atoms with Gasteiger partial charge >= 0.3 is 0 Å². The Balaban J connectivity index is 1.52. The van der Waals surface area contributed by atoms with Crippen molar-refractivity contribution in [3.05, 3.63) is 70.8 Å². The Hall–Kier alpha value is -2.13. The monoisotopic (exact) mass is 336 g/mol. The van der Waals surface area contributed by atoms with E-state index in [2.05, 4.69) is 54.8 Å². The van der Waals surface area contributed by atoms with Gasteiger partial charge in [-0.15, -0.1) is 0 Å². The molecule has 0 aliphatic heterocycles. The van der Waals surface area contributed by atoms with Crippen molar-refractivity contribution in [3.63, 3.8) is 0 Å². The minimum absolute atomic E-state index is 0.0352. The molecular formula is C22H28N2O. The molecule has 3 rings (SSSR count). The van der Waals surface area contributed by atoms with E-state index >= 15 is 0 Å². The van der Waals surface area contributed by atoms with Gasteiger partial charge in [-0.3, -0.25) is 4.79 Å². The maximum atomic E-state index is 12.3. The lowest BCUT2D eigenvalue weighted by Crippen LogP contribution is -2.36. The first-order valence-electron chi connectivity index (χ1n) is 9.33. The summed E-state index contributed by atoms with van der Waals surface area (Å²) < 4.78 is 0. The topological polar surface area (TPSA) is 41.1 Å². The van der Waals surface area contributed by atoms with Crippen molar-refractivity contribution in [3.8, 4) is 0 Å². The molecule has 3 nitrogen and oxygen atoms in total. The molecule has 0 fully saturated rings. The molecule has 0 aromatic heterocycles. The van der Waals surface area contributed by atoms with Gasteiger partial charge in [-0.05, 0) is 61.8 Å². The molecule has 0 saturated heterocycles. The number of hydrogen-bond acceptors (Lipinski definition) is 2. The predicted octanol–water partition coefficient (Wildman–Crippen LogP) is 4.09. The summed E-state index contributed by atoms with van der Waals surface area (Å²) in [4.78, 5) is 12.3. The highest BCUT2D eigenvalue weighted by molar-refractivity contribution is 5.78. The Morgan fingerprint density at radius 1 is 0.920 bits per heavy atom. The standard InChI is InChI=1S/C22H28N2O/c1-16(18-8-4-3-5-9-18)23-15-22(25)24-17(2)20-13-12-19-10-6-7-11-21(19)14-20/h3-5,8-9,12-14,16-17,23H,6-7,10-11,15H2,1-2H3,(H,24,25)/t16-,17-/m0/s1. The third-order valence-electron chi connectivity index (χ3n) is 5.12. The summed E-state index contributed by atoms with van der Waals surface area (Å²) in [5, 5.41) is 6.40. The molecule has 2 atom stereocenters. The quantitative estimate of drug-likeness (QED) is 0.834. The van der Waals surface area contributed by atoms with Crippen LogP contribution in [0.15, 0.2) is 48.5 Å². The largest absolute Gasteiger partial charge is 0.348 e. The number of amides is 1. The summed E-state index contributed by atoms with van der Waals surface area (Å²) in [6.07, 6.45) is 4.93. The van der Waals surface area contributed by atoms with Crippen LogP contribution in [0.5, 0.6) is 0 Å². The van der Waals surface area contributed by atoms with Gasteiger partial charge in [-0.2, -0.15) is 0 Å². The van der Waals surface area contributed by atoms with Crippen molar-refractivity contribution >= 4 is 5.91 Å². The van der Waals surface area contributed by atoms with Crippen LogP contribution < -0.4 is 10.6 Å². The third-order valence-corrected chi connectivity index (χ3v) is 5.12. The summed E-state index contributed by atoms with van der Waals surface area (Å²) in [6, 6.07) is 17.1. The summed E-state index contributed by atoms with van der Waals surface area (Å²) in [5.74, 6) is 0.0352. The van der Waals surface area contributed by atoms with Gasteiger partial charge < -0.3 is 10.6 Å². The molecule has 1 aliphatic rings. The second-order valence-electron chi connectivity index (χ2n) is 7.04. The Kier molecular flexibility index (Phi) is 5.87. The minimum Gasteiger partial charge on any atom is -0.348 e. The molecule has 0 radical (unpaired) electrons. The lowest BCUT2D eigenvalue weighted by Gasteiger charge is -2.20. The van der Waals surface area contributed by atoms with Gasteiger partial charge in [-0.25, -0.2) is 0 Å². The number of rotatable bonds is 6. The van der Waals surface area contributed by atoms with E-state index in [1.165, 1.54) is 47.9 Å². The smallest absolute Gasteiger partial charge is 0.234 e. The van der Waals surface area contributed by atoms with Crippen molar-refractivity contribution in [2.45, 2.75) is 51.6 Å². The van der Waals surface area contributed by atoms with Crippen LogP contribution in [0.4, 0.5) is 0 Å². The fourth-order valence-electron chi connectivity index (χ4n) is 3.50. The summed E-state index contributed by atoms with van der Waals surface area (Å²) in [5.41, 5.74) is 5.33. The third kappa shape index (κ3) is 4.70. The molecule has 2 aromatic rings. The Bertz CT molecular complexity index is 711. The molecule has 0 saturated carbocycles. The Morgan fingerprint density at radius 3 is 2.40 bits per heavy atom. The van der Waals surface area contributed by atoms with E-state index in [0.717, 1.165) is 0 Å². The van der Waals surface area contributed by atoms with Crippen molar-refractivity contribution in [2.24, 2.45) is 0 Å². The molecule has 25 heavy (non-hydrogen) atoms. The van der Waals surface area contributed by atoms with Crippen LogP contribution in [0.2, 0.25) is 0 Å². The summed E-state index contributed by atoms with van der Waals surface area (Å²) in [7, 11) is 0. The van der Waals surface area contributed by atoms with Gasteiger partial charge in [-0.1, -0.05) is 48.5 Å². The first-order valence-corrected chi connectivity index (χ1v) is 9.33. The number of hydrogen-bond donors (Lipinski definition) is 2. The van der Waals surface area contributed by atoms with Crippen LogP contribution in [0.25, 0.3) is 0 Å². The predicted molar refractivity (Wildman–Crippen MR) is 103 cm³/mol. The van der Waals surface area contributed by atoms with E-state index in [0.29, 0.717) is 6.54 Å². The van der Waals surface area contributed by atoms with Crippen molar-refractivity contribution < 1.29 is 4.79 Å². The zero-order chi connectivity index (χ0) is 17.6. The lowest BCUT2D eigenvalue weighted by molar-refractivity contribution is -0.121. The maximum Gasteiger partial charge on any atom is 0.234 e. The molecule has 1 aliphatic carbocycles. The molecular weight excluding hydrogens is 308 g/mol. The fraction of sp³-hybridized carbons (Fsp3) is 0.409. The van der Waals surface area contributed by atoms with Crippen LogP contribution in [0.1, 0.15) is 61.0 Å². The Labute approximate surface area is 150 Å². The summed E-state index contributed by atoms with van der Waals surface area (Å²) >= 11 is 0. The van der Waals surface area contributed by atoms with Gasteiger partial charge in [0.05, 0.1) is 12.6 Å². The van der Waals surface area contributed by atoms with Crippen LogP contribution in [-0.2, 0) is 17.6 Å². The molecule has 0 spiro atoms. The molecule has 0 bridgehead atoms. The van der Waals surface area contributed by atoms with E-state index in [1.807, 2.05) is 18.2 Å². The minimum atomic E-state index is 0.0352. The van der Waals surface area contributed by atoms with Gasteiger partial charge in [0.1, 0.15) is 0 Å². The lowest BCUT2D eigenvalue weighted by atomic mass is 9.89. The molecule has 2 N–H and O–H groups in total. The first-order chi connectivity index (χ1) is 12.1. The molecule has 0 heterocycles. The molecule has 1 amide bonds. The van der Waals surface area contributed by atoms with E-state index in [1.54, 1.807) is 0 Å². The number of fused-ring (bicyclic) bond motifs is 1. The number of benzene rings is 2. The van der Waals surface area contributed by atoms with Crippen molar-refractivity contribution in [2.75, 3.05) is 6.54 Å². The van der Waals surface area contributed by atoms with E-state index in [9.17, 15) is 4.79 Å². The van der Waals surface area contributed by atoms with Crippen LogP contribution in [0.3, 0.4) is 0 Å². The summed E-state index contributed by atoms with van der Waals surface area (Å²) in [6.45, 7) is 4.46. The molecule has 132 valence electrons. The normalized spacial score (nSPS) is 15.9. The SMILES string of the molecule is C[C@H](NCC(=O)N[C@@H](C)c1ccc2c(c1)CCCC2)c1ccccc1. The highest BCUT2D eigenvalue weighted by Crippen LogP contribution is 2.24. The average Bonchev–Trinajstić information content (AvgIpc) is 2.66. The van der Waals surface area contributed by atoms with E-state index < -0.39 is 0 Å². The first kappa shape index (κ1) is 17.7.